The molecule has 1 atom stereocenters. The summed E-state index contributed by atoms with van der Waals surface area (Å²) in [5, 5.41) is 15.0. The van der Waals surface area contributed by atoms with E-state index in [2.05, 4.69) is 9.88 Å². The predicted octanol–water partition coefficient (Wildman–Crippen LogP) is 3.08. The first-order valence-electron chi connectivity index (χ1n) is 10.1. The Hall–Kier alpha value is -2.24. The van der Waals surface area contributed by atoms with Crippen molar-refractivity contribution in [3.05, 3.63) is 40.7 Å². The number of hydrogen-bond donors (Lipinski definition) is 2. The number of piperazine rings is 1. The Morgan fingerprint density at radius 3 is 2.61 bits per heavy atom. The number of para-hydroxylation sites is 1. The first-order valence-corrected chi connectivity index (χ1v) is 11.7. The molecule has 11 heteroatoms. The lowest BCUT2D eigenvalue weighted by molar-refractivity contribution is -0.0936. The molecule has 1 aromatic carbocycles. The van der Waals surface area contributed by atoms with Gasteiger partial charge in [0.15, 0.2) is 5.82 Å². The molecule has 2 aliphatic rings. The van der Waals surface area contributed by atoms with Crippen LogP contribution in [0.1, 0.15) is 17.8 Å². The molecule has 0 bridgehead atoms. The zero-order valence-corrected chi connectivity index (χ0v) is 19.1. The topological polar surface area (TPSA) is 102 Å². The Kier molecular flexibility index (Phi) is 6.44. The molecule has 31 heavy (non-hydrogen) atoms. The van der Waals surface area contributed by atoms with Crippen molar-refractivity contribution in [3.63, 3.8) is 0 Å². The standard InChI is InChI=1S/C20H26ClN7O2S/c1-14-5-3-6-16(21)19(14)28(27-7-4-12-31(27)20(22)29)18-13-17(23-15(2)24-18)25-8-10-26(30)11-9-25/h3,5-6,12-13,30H,4,7-11H2,1-2H3,(H2,22,29). The van der Waals surface area contributed by atoms with Crippen LogP contribution >= 0.6 is 22.3 Å². The second-order valence-electron chi connectivity index (χ2n) is 7.45. The van der Waals surface area contributed by atoms with Gasteiger partial charge in [0, 0.05) is 38.8 Å². The van der Waals surface area contributed by atoms with Crippen LogP contribution in [0.25, 0.3) is 0 Å². The highest BCUT2D eigenvalue weighted by atomic mass is 35.5. The SMILES string of the molecule is Cc1nc(N2CCN(O)CC2)cc(N(c2c(C)cccc2Cl)N2CCC=S2C(N)=O)n1. The van der Waals surface area contributed by atoms with Crippen molar-refractivity contribution >= 4 is 50.2 Å². The molecule has 1 aromatic heterocycles. The number of aryl methyl sites for hydroxylation is 2. The van der Waals surface area contributed by atoms with E-state index in [1.165, 1.54) is 5.06 Å². The Bertz CT molecular complexity index is 1010. The van der Waals surface area contributed by atoms with Gasteiger partial charge in [0.2, 0.25) is 0 Å². The molecular weight excluding hydrogens is 438 g/mol. The second-order valence-corrected chi connectivity index (χ2v) is 9.65. The molecule has 3 N–H and O–H groups in total. The molecule has 2 aliphatic heterocycles. The number of anilines is 3. The third-order valence-corrected chi connectivity index (χ3v) is 7.33. The zero-order valence-electron chi connectivity index (χ0n) is 17.5. The van der Waals surface area contributed by atoms with Crippen molar-refractivity contribution in [1.82, 2.24) is 19.4 Å². The number of rotatable bonds is 4. The van der Waals surface area contributed by atoms with Crippen LogP contribution in [0.5, 0.6) is 0 Å². The van der Waals surface area contributed by atoms with Gasteiger partial charge < -0.3 is 15.8 Å². The molecule has 1 fully saturated rings. The average molecular weight is 464 g/mol. The summed E-state index contributed by atoms with van der Waals surface area (Å²) in [4.78, 5) is 23.6. The number of primary amides is 1. The van der Waals surface area contributed by atoms with Crippen LogP contribution in [0, 0.1) is 13.8 Å². The van der Waals surface area contributed by atoms with Gasteiger partial charge in [-0.3, -0.25) is 4.79 Å². The van der Waals surface area contributed by atoms with Gasteiger partial charge in [0.05, 0.1) is 10.7 Å². The zero-order chi connectivity index (χ0) is 22.1. The number of halogens is 1. The van der Waals surface area contributed by atoms with Gasteiger partial charge in [0.25, 0.3) is 5.24 Å². The van der Waals surface area contributed by atoms with Gasteiger partial charge in [-0.05, 0) is 47.9 Å². The van der Waals surface area contributed by atoms with Gasteiger partial charge in [-0.15, -0.1) is 0 Å². The minimum Gasteiger partial charge on any atom is -0.360 e. The smallest absolute Gasteiger partial charge is 0.286 e. The number of benzene rings is 1. The minimum atomic E-state index is -0.886. The van der Waals surface area contributed by atoms with Crippen molar-refractivity contribution in [2.45, 2.75) is 20.3 Å². The largest absolute Gasteiger partial charge is 0.360 e. The van der Waals surface area contributed by atoms with Gasteiger partial charge in [-0.1, -0.05) is 23.7 Å². The number of hydroxylamine groups is 2. The Labute approximate surface area is 189 Å². The van der Waals surface area contributed by atoms with E-state index in [9.17, 15) is 10.0 Å². The maximum atomic E-state index is 12.2. The first kappa shape index (κ1) is 22.0. The molecule has 1 saturated heterocycles. The summed E-state index contributed by atoms with van der Waals surface area (Å²) < 4.78 is 1.94. The maximum absolute atomic E-state index is 12.2. The molecule has 0 radical (unpaired) electrons. The first-order chi connectivity index (χ1) is 14.8. The van der Waals surface area contributed by atoms with Crippen LogP contribution < -0.4 is 15.6 Å². The van der Waals surface area contributed by atoms with E-state index >= 15 is 0 Å². The number of nitrogens with zero attached hydrogens (tertiary/aromatic N) is 6. The molecule has 3 heterocycles. The lowest BCUT2D eigenvalue weighted by atomic mass is 10.2. The van der Waals surface area contributed by atoms with Gasteiger partial charge in [0.1, 0.15) is 11.6 Å². The van der Waals surface area contributed by atoms with E-state index < -0.39 is 15.9 Å². The number of amides is 1. The molecule has 0 saturated carbocycles. The molecule has 1 amide bonds. The monoisotopic (exact) mass is 463 g/mol. The number of aromatic nitrogens is 2. The maximum Gasteiger partial charge on any atom is 0.286 e. The minimum absolute atomic E-state index is 0.391. The van der Waals surface area contributed by atoms with Crippen LogP contribution in [0.3, 0.4) is 0 Å². The highest BCUT2D eigenvalue weighted by Crippen LogP contribution is 2.41. The van der Waals surface area contributed by atoms with E-state index in [4.69, 9.17) is 22.3 Å². The molecule has 0 aliphatic carbocycles. The number of carbonyl (C=O) groups excluding carboxylic acids is 1. The summed E-state index contributed by atoms with van der Waals surface area (Å²) in [5.41, 5.74) is 7.44. The average Bonchev–Trinajstić information content (AvgIpc) is 3.20. The quantitative estimate of drug-likeness (QED) is 0.667. The van der Waals surface area contributed by atoms with Crippen molar-refractivity contribution in [2.24, 2.45) is 5.73 Å². The number of nitrogens with two attached hydrogens (primary N) is 1. The van der Waals surface area contributed by atoms with E-state index in [-0.39, 0.29) is 0 Å². The fraction of sp³-hybridized carbons (Fsp3) is 0.400. The van der Waals surface area contributed by atoms with E-state index in [0.29, 0.717) is 49.4 Å². The van der Waals surface area contributed by atoms with Gasteiger partial charge in [-0.25, -0.2) is 15.0 Å². The number of carbonyl (C=O) groups is 1. The van der Waals surface area contributed by atoms with E-state index in [0.717, 1.165) is 23.5 Å². The fourth-order valence-electron chi connectivity index (χ4n) is 3.80. The Morgan fingerprint density at radius 1 is 1.19 bits per heavy atom. The molecule has 4 rings (SSSR count). The highest BCUT2D eigenvalue weighted by Gasteiger charge is 2.31. The molecule has 9 nitrogen and oxygen atoms in total. The third-order valence-electron chi connectivity index (χ3n) is 5.26. The van der Waals surface area contributed by atoms with Gasteiger partial charge in [-0.2, -0.15) is 9.48 Å². The molecular formula is C20H26ClN7O2S. The predicted molar refractivity (Wildman–Crippen MR) is 125 cm³/mol. The summed E-state index contributed by atoms with van der Waals surface area (Å²) in [6.07, 6.45) is 0.738. The lowest BCUT2D eigenvalue weighted by Crippen LogP contribution is -2.45. The van der Waals surface area contributed by atoms with Crippen molar-refractivity contribution in [1.29, 1.82) is 0 Å². The third kappa shape index (κ3) is 4.53. The van der Waals surface area contributed by atoms with Crippen molar-refractivity contribution in [3.8, 4) is 0 Å². The molecule has 2 aromatic rings. The molecule has 166 valence electrons. The van der Waals surface area contributed by atoms with Crippen LogP contribution in [-0.4, -0.2) is 68.0 Å². The van der Waals surface area contributed by atoms with Gasteiger partial charge >= 0.3 is 0 Å². The van der Waals surface area contributed by atoms with Crippen molar-refractivity contribution in [2.75, 3.05) is 42.6 Å². The van der Waals surface area contributed by atoms with E-state index in [1.54, 1.807) is 0 Å². The van der Waals surface area contributed by atoms with Crippen LogP contribution in [-0.2, 0) is 0 Å². The summed E-state index contributed by atoms with van der Waals surface area (Å²) in [6, 6.07) is 7.61. The van der Waals surface area contributed by atoms with Crippen LogP contribution in [0.4, 0.5) is 22.1 Å². The molecule has 0 spiro atoms. The van der Waals surface area contributed by atoms with Crippen LogP contribution in [0.2, 0.25) is 5.02 Å². The number of hydrogen-bond acceptors (Lipinski definition) is 8. The van der Waals surface area contributed by atoms with E-state index in [1.807, 2.05) is 52.9 Å². The molecule has 1 unspecified atom stereocenters. The fourth-order valence-corrected chi connectivity index (χ4v) is 5.61. The summed E-state index contributed by atoms with van der Waals surface area (Å²) >= 11 is 6.65. The normalized spacial score (nSPS) is 20.0. The highest BCUT2D eigenvalue weighted by molar-refractivity contribution is 8.25. The summed E-state index contributed by atoms with van der Waals surface area (Å²) in [7, 11) is -0.886. The summed E-state index contributed by atoms with van der Waals surface area (Å²) in [5.74, 6) is 2.00. The Balaban J connectivity index is 1.83. The van der Waals surface area contributed by atoms with Crippen molar-refractivity contribution < 1.29 is 10.0 Å². The lowest BCUT2D eigenvalue weighted by Gasteiger charge is -2.36. The van der Waals surface area contributed by atoms with Crippen LogP contribution in [0.15, 0.2) is 24.3 Å². The summed E-state index contributed by atoms with van der Waals surface area (Å²) in [6.45, 7) is 6.83. The Morgan fingerprint density at radius 2 is 1.94 bits per heavy atom. The number of hydrazine groups is 1. The second kappa shape index (κ2) is 9.09.